The molecule has 3 nitrogen and oxygen atoms in total. The zero-order valence-corrected chi connectivity index (χ0v) is 9.16. The molecule has 2 fully saturated rings. The number of nitrogens with one attached hydrogen (secondary N) is 1. The van der Waals surface area contributed by atoms with Crippen LogP contribution in [0.15, 0.2) is 0 Å². The number of fused-ring (bicyclic) bond motifs is 1. The summed E-state index contributed by atoms with van der Waals surface area (Å²) in [7, 11) is 0. The fourth-order valence-corrected chi connectivity index (χ4v) is 2.37. The summed E-state index contributed by atoms with van der Waals surface area (Å²) in [6.45, 7) is 7.06. The fourth-order valence-electron chi connectivity index (χ4n) is 2.37. The summed E-state index contributed by atoms with van der Waals surface area (Å²) in [6.07, 6.45) is 2.64. The van der Waals surface area contributed by atoms with E-state index in [1.54, 1.807) is 0 Å². The Hall–Kier alpha value is -0.120. The normalized spacial score (nSPS) is 38.4. The molecule has 0 radical (unpaired) electrons. The minimum atomic E-state index is 0.396. The van der Waals surface area contributed by atoms with Gasteiger partial charge in [0.1, 0.15) is 0 Å². The smallest absolute Gasteiger partial charge is 0.0773 e. The standard InChI is InChI=1S/C11H21NO2/c1-8(2)5-9-6-14-11-3-4-13-7-10(11)12-9/h8-12H,3-7H2,1-2H3. The average molecular weight is 199 g/mol. The highest BCUT2D eigenvalue weighted by molar-refractivity contribution is 4.88. The molecule has 2 aliphatic heterocycles. The summed E-state index contributed by atoms with van der Waals surface area (Å²) >= 11 is 0. The van der Waals surface area contributed by atoms with Gasteiger partial charge in [-0.25, -0.2) is 0 Å². The minimum absolute atomic E-state index is 0.396. The van der Waals surface area contributed by atoms with Gasteiger partial charge >= 0.3 is 0 Å². The van der Waals surface area contributed by atoms with Crippen molar-refractivity contribution < 1.29 is 9.47 Å². The second-order valence-corrected chi connectivity index (χ2v) is 4.84. The molecule has 2 aliphatic rings. The molecule has 0 amide bonds. The lowest BCUT2D eigenvalue weighted by atomic mass is 9.98. The van der Waals surface area contributed by atoms with Crippen LogP contribution in [0.5, 0.6) is 0 Å². The minimum Gasteiger partial charge on any atom is -0.380 e. The average Bonchev–Trinajstić information content (AvgIpc) is 2.17. The van der Waals surface area contributed by atoms with Crippen molar-refractivity contribution in [3.05, 3.63) is 0 Å². The maximum atomic E-state index is 5.85. The summed E-state index contributed by atoms with van der Waals surface area (Å²) in [5.74, 6) is 0.733. The van der Waals surface area contributed by atoms with Crippen molar-refractivity contribution in [1.29, 1.82) is 0 Å². The summed E-state index contributed by atoms with van der Waals surface area (Å²) in [5, 5.41) is 3.64. The van der Waals surface area contributed by atoms with Crippen LogP contribution in [0.1, 0.15) is 26.7 Å². The molecule has 82 valence electrons. The van der Waals surface area contributed by atoms with E-state index in [-0.39, 0.29) is 0 Å². The third-order valence-electron chi connectivity index (χ3n) is 3.01. The van der Waals surface area contributed by atoms with E-state index >= 15 is 0 Å². The van der Waals surface area contributed by atoms with E-state index in [9.17, 15) is 0 Å². The van der Waals surface area contributed by atoms with Crippen molar-refractivity contribution in [3.8, 4) is 0 Å². The van der Waals surface area contributed by atoms with Gasteiger partial charge in [-0.3, -0.25) is 0 Å². The van der Waals surface area contributed by atoms with Gasteiger partial charge in [0.15, 0.2) is 0 Å². The van der Waals surface area contributed by atoms with E-state index < -0.39 is 0 Å². The van der Waals surface area contributed by atoms with E-state index in [4.69, 9.17) is 9.47 Å². The lowest BCUT2D eigenvalue weighted by Crippen LogP contribution is -2.58. The Bertz CT molecular complexity index is 184. The van der Waals surface area contributed by atoms with Gasteiger partial charge in [0.25, 0.3) is 0 Å². The van der Waals surface area contributed by atoms with Crippen LogP contribution in [-0.4, -0.2) is 38.0 Å². The molecule has 3 atom stereocenters. The SMILES string of the molecule is CC(C)CC1COC2CCOCC2N1. The Morgan fingerprint density at radius 2 is 2.21 bits per heavy atom. The molecule has 0 bridgehead atoms. The predicted octanol–water partition coefficient (Wildman–Crippen LogP) is 1.18. The van der Waals surface area contributed by atoms with Gasteiger partial charge in [-0.2, -0.15) is 0 Å². The lowest BCUT2D eigenvalue weighted by Gasteiger charge is -2.40. The van der Waals surface area contributed by atoms with Gasteiger partial charge in [0.2, 0.25) is 0 Å². The van der Waals surface area contributed by atoms with Crippen LogP contribution in [0.4, 0.5) is 0 Å². The van der Waals surface area contributed by atoms with Crippen molar-refractivity contribution >= 4 is 0 Å². The largest absolute Gasteiger partial charge is 0.380 e. The van der Waals surface area contributed by atoms with Crippen LogP contribution in [0.25, 0.3) is 0 Å². The van der Waals surface area contributed by atoms with E-state index in [0.717, 1.165) is 32.2 Å². The molecule has 1 N–H and O–H groups in total. The first kappa shape index (κ1) is 10.4. The van der Waals surface area contributed by atoms with Gasteiger partial charge in [0, 0.05) is 12.6 Å². The molecule has 0 spiro atoms. The molecular weight excluding hydrogens is 178 g/mol. The second-order valence-electron chi connectivity index (χ2n) is 4.84. The Morgan fingerprint density at radius 3 is 3.00 bits per heavy atom. The summed E-state index contributed by atoms with van der Waals surface area (Å²) in [6, 6.07) is 0.958. The third-order valence-corrected chi connectivity index (χ3v) is 3.01. The van der Waals surface area contributed by atoms with Crippen LogP contribution in [0.3, 0.4) is 0 Å². The van der Waals surface area contributed by atoms with Crippen molar-refractivity contribution in [1.82, 2.24) is 5.32 Å². The van der Waals surface area contributed by atoms with Gasteiger partial charge in [-0.15, -0.1) is 0 Å². The zero-order chi connectivity index (χ0) is 9.97. The van der Waals surface area contributed by atoms with Crippen LogP contribution >= 0.6 is 0 Å². The van der Waals surface area contributed by atoms with E-state index in [2.05, 4.69) is 19.2 Å². The van der Waals surface area contributed by atoms with Crippen LogP contribution in [-0.2, 0) is 9.47 Å². The molecule has 14 heavy (non-hydrogen) atoms. The van der Waals surface area contributed by atoms with Gasteiger partial charge in [0.05, 0.1) is 25.4 Å². The van der Waals surface area contributed by atoms with Gasteiger partial charge in [-0.05, 0) is 18.8 Å². The number of morpholine rings is 1. The number of rotatable bonds is 2. The molecule has 0 saturated carbocycles. The first-order valence-corrected chi connectivity index (χ1v) is 5.71. The molecule has 3 unspecified atom stereocenters. The summed E-state index contributed by atoms with van der Waals surface area (Å²) in [5.41, 5.74) is 0. The van der Waals surface area contributed by atoms with Crippen molar-refractivity contribution in [3.63, 3.8) is 0 Å². The highest BCUT2D eigenvalue weighted by atomic mass is 16.5. The highest BCUT2D eigenvalue weighted by Gasteiger charge is 2.33. The molecule has 0 aromatic heterocycles. The monoisotopic (exact) mass is 199 g/mol. The summed E-state index contributed by atoms with van der Waals surface area (Å²) in [4.78, 5) is 0. The fraction of sp³-hybridized carbons (Fsp3) is 1.00. The maximum absolute atomic E-state index is 5.85. The Balaban J connectivity index is 1.83. The topological polar surface area (TPSA) is 30.5 Å². The quantitative estimate of drug-likeness (QED) is 0.724. The molecular formula is C11H21NO2. The second kappa shape index (κ2) is 4.60. The first-order chi connectivity index (χ1) is 6.75. The highest BCUT2D eigenvalue weighted by Crippen LogP contribution is 2.19. The molecule has 0 aromatic carbocycles. The Kier molecular flexibility index (Phi) is 3.42. The summed E-state index contributed by atoms with van der Waals surface area (Å²) < 4.78 is 11.3. The van der Waals surface area contributed by atoms with Crippen molar-refractivity contribution in [2.75, 3.05) is 19.8 Å². The van der Waals surface area contributed by atoms with Gasteiger partial charge < -0.3 is 14.8 Å². The number of hydrogen-bond donors (Lipinski definition) is 1. The molecule has 2 rings (SSSR count). The van der Waals surface area contributed by atoms with Crippen LogP contribution in [0, 0.1) is 5.92 Å². The molecule has 2 saturated heterocycles. The lowest BCUT2D eigenvalue weighted by molar-refractivity contribution is -0.0951. The molecule has 3 heteroatoms. The van der Waals surface area contributed by atoms with E-state index in [1.807, 2.05) is 0 Å². The third kappa shape index (κ3) is 2.47. The van der Waals surface area contributed by atoms with Crippen LogP contribution < -0.4 is 5.32 Å². The Morgan fingerprint density at radius 1 is 1.36 bits per heavy atom. The van der Waals surface area contributed by atoms with E-state index in [1.165, 1.54) is 6.42 Å². The van der Waals surface area contributed by atoms with Crippen LogP contribution in [0.2, 0.25) is 0 Å². The van der Waals surface area contributed by atoms with Crippen molar-refractivity contribution in [2.24, 2.45) is 5.92 Å². The number of ether oxygens (including phenoxy) is 2. The molecule has 0 aliphatic carbocycles. The predicted molar refractivity (Wildman–Crippen MR) is 55.3 cm³/mol. The van der Waals surface area contributed by atoms with Crippen molar-refractivity contribution in [2.45, 2.75) is 44.9 Å². The van der Waals surface area contributed by atoms with Gasteiger partial charge in [-0.1, -0.05) is 13.8 Å². The zero-order valence-electron chi connectivity index (χ0n) is 9.16. The van der Waals surface area contributed by atoms with E-state index in [0.29, 0.717) is 18.2 Å². The number of hydrogen-bond acceptors (Lipinski definition) is 3. The maximum Gasteiger partial charge on any atom is 0.0773 e. The molecule has 2 heterocycles. The Labute approximate surface area is 86.2 Å². The molecule has 0 aromatic rings. The first-order valence-electron chi connectivity index (χ1n) is 5.71.